The lowest BCUT2D eigenvalue weighted by atomic mass is 9.88. The van der Waals surface area contributed by atoms with Crippen LogP contribution >= 0.6 is 0 Å². The van der Waals surface area contributed by atoms with Crippen molar-refractivity contribution < 1.29 is 9.90 Å². The highest BCUT2D eigenvalue weighted by molar-refractivity contribution is 5.80. The molecule has 2 heterocycles. The van der Waals surface area contributed by atoms with Crippen LogP contribution in [0.1, 0.15) is 24.8 Å². The van der Waals surface area contributed by atoms with Crippen molar-refractivity contribution in [2.45, 2.75) is 37.9 Å². The molecular formula is C16H22N2O2. The normalized spacial score (nSPS) is 27.8. The number of aliphatic hydroxyl groups is 1. The Morgan fingerprint density at radius 2 is 2.10 bits per heavy atom. The van der Waals surface area contributed by atoms with Crippen molar-refractivity contribution in [1.82, 2.24) is 10.2 Å². The summed E-state index contributed by atoms with van der Waals surface area (Å²) in [5.41, 5.74) is 1.12. The molecule has 3 atom stereocenters. The van der Waals surface area contributed by atoms with Crippen molar-refractivity contribution in [1.29, 1.82) is 0 Å². The van der Waals surface area contributed by atoms with Gasteiger partial charge in [-0.2, -0.15) is 0 Å². The Kier molecular flexibility index (Phi) is 4.03. The van der Waals surface area contributed by atoms with Gasteiger partial charge in [-0.15, -0.1) is 0 Å². The fraction of sp³-hybridized carbons (Fsp3) is 0.562. The Bertz CT molecular complexity index is 463. The molecule has 3 rings (SSSR count). The molecule has 20 heavy (non-hydrogen) atoms. The third kappa shape index (κ3) is 2.72. The summed E-state index contributed by atoms with van der Waals surface area (Å²) in [6.45, 7) is 1.03. The number of carbonyl (C=O) groups is 1. The van der Waals surface area contributed by atoms with Crippen LogP contribution in [0.15, 0.2) is 30.3 Å². The average molecular weight is 274 g/mol. The lowest BCUT2D eigenvalue weighted by Crippen LogP contribution is -2.41. The number of benzene rings is 1. The first kappa shape index (κ1) is 13.6. The minimum absolute atomic E-state index is 0.0207. The standard InChI is InChI=1S/C16H22N2O2/c19-9-8-18(11-12-4-2-1-3-5-12)16(20)14-10-13-6-7-15(14)17-13/h1-5,13-15,17,19H,6-11H2. The number of aliphatic hydroxyl groups excluding tert-OH is 1. The minimum Gasteiger partial charge on any atom is -0.395 e. The summed E-state index contributed by atoms with van der Waals surface area (Å²) >= 11 is 0. The smallest absolute Gasteiger partial charge is 0.227 e. The summed E-state index contributed by atoms with van der Waals surface area (Å²) in [4.78, 5) is 14.5. The molecule has 0 aliphatic carbocycles. The van der Waals surface area contributed by atoms with Crippen LogP contribution in [0, 0.1) is 5.92 Å². The van der Waals surface area contributed by atoms with E-state index in [9.17, 15) is 9.90 Å². The molecule has 2 saturated heterocycles. The molecule has 0 radical (unpaired) electrons. The Hall–Kier alpha value is -1.39. The molecule has 0 spiro atoms. The van der Waals surface area contributed by atoms with Gasteiger partial charge in [0.05, 0.1) is 12.5 Å². The van der Waals surface area contributed by atoms with Crippen LogP contribution < -0.4 is 5.32 Å². The van der Waals surface area contributed by atoms with Gasteiger partial charge in [0.1, 0.15) is 0 Å². The van der Waals surface area contributed by atoms with E-state index >= 15 is 0 Å². The average Bonchev–Trinajstić information content (AvgIpc) is 3.10. The summed E-state index contributed by atoms with van der Waals surface area (Å²) in [5.74, 6) is 0.298. The summed E-state index contributed by atoms with van der Waals surface area (Å²) < 4.78 is 0. The second-order valence-electron chi connectivity index (χ2n) is 5.86. The van der Waals surface area contributed by atoms with Gasteiger partial charge in [-0.05, 0) is 24.8 Å². The number of hydrogen-bond acceptors (Lipinski definition) is 3. The maximum Gasteiger partial charge on any atom is 0.227 e. The topological polar surface area (TPSA) is 52.6 Å². The predicted molar refractivity (Wildman–Crippen MR) is 77.0 cm³/mol. The number of hydrogen-bond donors (Lipinski definition) is 2. The molecule has 4 heteroatoms. The summed E-state index contributed by atoms with van der Waals surface area (Å²) in [6, 6.07) is 10.9. The first-order valence-corrected chi connectivity index (χ1v) is 7.47. The molecule has 0 aromatic heterocycles. The van der Waals surface area contributed by atoms with Crippen LogP contribution in [0.5, 0.6) is 0 Å². The van der Waals surface area contributed by atoms with Gasteiger partial charge in [0.2, 0.25) is 5.91 Å². The SMILES string of the molecule is O=C(C1CC2CCC1N2)N(CCO)Cc1ccccc1. The van der Waals surface area contributed by atoms with Crippen molar-refractivity contribution in [2.24, 2.45) is 5.92 Å². The number of amides is 1. The summed E-state index contributed by atoms with van der Waals surface area (Å²) in [7, 11) is 0. The largest absolute Gasteiger partial charge is 0.395 e. The zero-order valence-corrected chi connectivity index (χ0v) is 11.7. The number of nitrogens with zero attached hydrogens (tertiary/aromatic N) is 1. The molecule has 1 aromatic rings. The van der Waals surface area contributed by atoms with Gasteiger partial charge in [-0.1, -0.05) is 30.3 Å². The number of fused-ring (bicyclic) bond motifs is 2. The van der Waals surface area contributed by atoms with Crippen molar-refractivity contribution in [2.75, 3.05) is 13.2 Å². The van der Waals surface area contributed by atoms with Crippen LogP contribution in [-0.2, 0) is 11.3 Å². The molecule has 2 N–H and O–H groups in total. The number of nitrogens with one attached hydrogen (secondary N) is 1. The van der Waals surface area contributed by atoms with Crippen LogP contribution in [-0.4, -0.2) is 41.1 Å². The van der Waals surface area contributed by atoms with Gasteiger partial charge in [0.25, 0.3) is 0 Å². The van der Waals surface area contributed by atoms with Gasteiger partial charge in [0, 0.05) is 25.2 Å². The monoisotopic (exact) mass is 274 g/mol. The van der Waals surface area contributed by atoms with Crippen molar-refractivity contribution >= 4 is 5.91 Å². The molecule has 4 nitrogen and oxygen atoms in total. The van der Waals surface area contributed by atoms with Gasteiger partial charge in [0.15, 0.2) is 0 Å². The minimum atomic E-state index is 0.0207. The predicted octanol–water partition coefficient (Wildman–Crippen LogP) is 1.15. The van der Waals surface area contributed by atoms with Gasteiger partial charge in [-0.25, -0.2) is 0 Å². The van der Waals surface area contributed by atoms with E-state index < -0.39 is 0 Å². The molecule has 2 fully saturated rings. The van der Waals surface area contributed by atoms with Crippen molar-refractivity contribution in [3.63, 3.8) is 0 Å². The van der Waals surface area contributed by atoms with E-state index in [4.69, 9.17) is 0 Å². The molecule has 2 bridgehead atoms. The Morgan fingerprint density at radius 3 is 2.70 bits per heavy atom. The van der Waals surface area contributed by atoms with E-state index in [2.05, 4.69) is 5.32 Å². The zero-order chi connectivity index (χ0) is 13.9. The van der Waals surface area contributed by atoms with E-state index in [0.717, 1.165) is 18.4 Å². The summed E-state index contributed by atoms with van der Waals surface area (Å²) in [6.07, 6.45) is 3.27. The van der Waals surface area contributed by atoms with E-state index in [-0.39, 0.29) is 18.4 Å². The third-order valence-electron chi connectivity index (χ3n) is 4.52. The number of rotatable bonds is 5. The fourth-order valence-electron chi connectivity index (χ4n) is 3.52. The van der Waals surface area contributed by atoms with Crippen LogP contribution in [0.25, 0.3) is 0 Å². The highest BCUT2D eigenvalue weighted by atomic mass is 16.3. The second-order valence-corrected chi connectivity index (χ2v) is 5.86. The molecule has 2 aliphatic rings. The Balaban J connectivity index is 1.68. The molecule has 3 unspecified atom stereocenters. The molecule has 108 valence electrons. The third-order valence-corrected chi connectivity index (χ3v) is 4.52. The Labute approximate surface area is 119 Å². The van der Waals surface area contributed by atoms with Crippen LogP contribution in [0.2, 0.25) is 0 Å². The maximum absolute atomic E-state index is 12.7. The van der Waals surface area contributed by atoms with E-state index in [1.54, 1.807) is 0 Å². The van der Waals surface area contributed by atoms with Crippen molar-refractivity contribution in [3.8, 4) is 0 Å². The molecule has 2 aliphatic heterocycles. The molecule has 1 aromatic carbocycles. The number of carbonyl (C=O) groups excluding carboxylic acids is 1. The quantitative estimate of drug-likeness (QED) is 0.847. The van der Waals surface area contributed by atoms with Crippen LogP contribution in [0.3, 0.4) is 0 Å². The zero-order valence-electron chi connectivity index (χ0n) is 11.7. The fourth-order valence-corrected chi connectivity index (χ4v) is 3.52. The highest BCUT2D eigenvalue weighted by Gasteiger charge is 2.43. The van der Waals surface area contributed by atoms with E-state index in [1.807, 2.05) is 35.2 Å². The maximum atomic E-state index is 12.7. The van der Waals surface area contributed by atoms with Crippen molar-refractivity contribution in [3.05, 3.63) is 35.9 Å². The molecular weight excluding hydrogens is 252 g/mol. The van der Waals surface area contributed by atoms with E-state index in [0.29, 0.717) is 25.2 Å². The second kappa shape index (κ2) is 5.94. The Morgan fingerprint density at radius 1 is 1.30 bits per heavy atom. The molecule has 1 amide bonds. The van der Waals surface area contributed by atoms with Gasteiger partial charge < -0.3 is 15.3 Å². The lowest BCUT2D eigenvalue weighted by Gasteiger charge is -2.28. The van der Waals surface area contributed by atoms with Gasteiger partial charge >= 0.3 is 0 Å². The van der Waals surface area contributed by atoms with Gasteiger partial charge in [-0.3, -0.25) is 4.79 Å². The lowest BCUT2D eigenvalue weighted by molar-refractivity contribution is -0.137. The molecule has 0 saturated carbocycles. The van der Waals surface area contributed by atoms with E-state index in [1.165, 1.54) is 6.42 Å². The first-order valence-electron chi connectivity index (χ1n) is 7.47. The highest BCUT2D eigenvalue weighted by Crippen LogP contribution is 2.34. The first-order chi connectivity index (χ1) is 9.78. The van der Waals surface area contributed by atoms with Crippen LogP contribution in [0.4, 0.5) is 0 Å². The summed E-state index contributed by atoms with van der Waals surface area (Å²) in [5, 5.41) is 12.7.